The fourth-order valence-electron chi connectivity index (χ4n) is 2.05. The van der Waals surface area contributed by atoms with Gasteiger partial charge in [-0.05, 0) is 54.4 Å². The van der Waals surface area contributed by atoms with Gasteiger partial charge in [0.2, 0.25) is 0 Å². The minimum Gasteiger partial charge on any atom is -0.508 e. The van der Waals surface area contributed by atoms with Gasteiger partial charge < -0.3 is 5.11 Å². The Morgan fingerprint density at radius 3 is 1.94 bits per heavy atom. The highest BCUT2D eigenvalue weighted by Crippen LogP contribution is 2.26. The second-order valence-electron chi connectivity index (χ2n) is 5.60. The second-order valence-corrected chi connectivity index (χ2v) is 5.60. The molecule has 0 spiro atoms. The Hall–Kier alpha value is -0.980. The molecule has 0 amide bonds. The quantitative estimate of drug-likeness (QED) is 0.810. The highest BCUT2D eigenvalue weighted by Gasteiger charge is 2.09. The second kappa shape index (κ2) is 5.38. The number of phenols is 1. The zero-order chi connectivity index (χ0) is 12.3. The largest absolute Gasteiger partial charge is 0.508 e. The first-order chi connectivity index (χ1) is 7.40. The highest BCUT2D eigenvalue weighted by molar-refractivity contribution is 5.41. The zero-order valence-corrected chi connectivity index (χ0v) is 11.2. The maximum absolute atomic E-state index is 9.90. The van der Waals surface area contributed by atoms with Gasteiger partial charge in [0, 0.05) is 0 Å². The molecule has 0 atom stereocenters. The van der Waals surface area contributed by atoms with Crippen LogP contribution in [-0.2, 0) is 12.8 Å². The van der Waals surface area contributed by atoms with Crippen molar-refractivity contribution in [2.24, 2.45) is 11.8 Å². The first-order valence-corrected chi connectivity index (χ1v) is 6.21. The summed E-state index contributed by atoms with van der Waals surface area (Å²) >= 11 is 0. The summed E-state index contributed by atoms with van der Waals surface area (Å²) in [5, 5.41) is 9.90. The van der Waals surface area contributed by atoms with Gasteiger partial charge in [-0.25, -0.2) is 0 Å². The summed E-state index contributed by atoms with van der Waals surface area (Å²) in [5.74, 6) is 1.70. The van der Waals surface area contributed by atoms with Crippen LogP contribution in [0.2, 0.25) is 0 Å². The minimum atomic E-state index is 0.457. The van der Waals surface area contributed by atoms with Gasteiger partial charge in [0.15, 0.2) is 0 Å². The molecule has 1 aromatic carbocycles. The molecule has 0 bridgehead atoms. The lowest BCUT2D eigenvalue weighted by atomic mass is 9.93. The number of aryl methyl sites for hydroxylation is 1. The molecule has 16 heavy (non-hydrogen) atoms. The van der Waals surface area contributed by atoms with Gasteiger partial charge in [-0.1, -0.05) is 33.8 Å². The fourth-order valence-corrected chi connectivity index (χ4v) is 2.05. The fraction of sp³-hybridized carbons (Fsp3) is 0.600. The normalized spacial score (nSPS) is 11.4. The van der Waals surface area contributed by atoms with E-state index in [1.807, 2.05) is 6.07 Å². The third-order valence-electron chi connectivity index (χ3n) is 2.79. The van der Waals surface area contributed by atoms with Crippen LogP contribution < -0.4 is 0 Å². The van der Waals surface area contributed by atoms with E-state index in [2.05, 4.69) is 40.7 Å². The maximum atomic E-state index is 9.90. The number of phenolic OH excluding ortho intramolecular Hbond substituents is 1. The summed E-state index contributed by atoms with van der Waals surface area (Å²) in [6.45, 7) is 10.9. The van der Waals surface area contributed by atoms with E-state index >= 15 is 0 Å². The van der Waals surface area contributed by atoms with Gasteiger partial charge >= 0.3 is 0 Å². The molecule has 0 unspecified atom stereocenters. The van der Waals surface area contributed by atoms with E-state index < -0.39 is 0 Å². The monoisotopic (exact) mass is 220 g/mol. The van der Waals surface area contributed by atoms with Crippen LogP contribution in [0.3, 0.4) is 0 Å². The van der Waals surface area contributed by atoms with E-state index in [1.54, 1.807) is 0 Å². The van der Waals surface area contributed by atoms with Gasteiger partial charge in [0.25, 0.3) is 0 Å². The Balaban J connectivity index is 3.01. The Labute approximate surface area is 99.5 Å². The number of benzene rings is 1. The molecule has 1 aromatic rings. The first kappa shape index (κ1) is 13.1. The van der Waals surface area contributed by atoms with Crippen molar-refractivity contribution in [2.45, 2.75) is 47.5 Å². The summed E-state index contributed by atoms with van der Waals surface area (Å²) in [4.78, 5) is 0. The number of rotatable bonds is 4. The number of hydrogen-bond acceptors (Lipinski definition) is 1. The van der Waals surface area contributed by atoms with Gasteiger partial charge in [-0.15, -0.1) is 0 Å². The summed E-state index contributed by atoms with van der Waals surface area (Å²) in [6.07, 6.45) is 2.05. The van der Waals surface area contributed by atoms with Crippen molar-refractivity contribution < 1.29 is 5.11 Å². The van der Waals surface area contributed by atoms with Crippen molar-refractivity contribution in [3.63, 3.8) is 0 Å². The van der Waals surface area contributed by atoms with E-state index in [-0.39, 0.29) is 0 Å². The Morgan fingerprint density at radius 1 is 0.938 bits per heavy atom. The minimum absolute atomic E-state index is 0.457. The van der Waals surface area contributed by atoms with Crippen LogP contribution in [0, 0.1) is 18.8 Å². The molecule has 90 valence electrons. The van der Waals surface area contributed by atoms with Crippen LogP contribution in [-0.4, -0.2) is 5.11 Å². The molecule has 1 nitrogen and oxygen atoms in total. The molecular weight excluding hydrogens is 196 g/mol. The molecule has 1 heteroatoms. The average Bonchev–Trinajstić information content (AvgIpc) is 2.11. The van der Waals surface area contributed by atoms with Crippen molar-refractivity contribution in [1.29, 1.82) is 0 Å². The van der Waals surface area contributed by atoms with Crippen LogP contribution >= 0.6 is 0 Å². The highest BCUT2D eigenvalue weighted by atomic mass is 16.3. The number of hydrogen-bond donors (Lipinski definition) is 1. The van der Waals surface area contributed by atoms with Crippen LogP contribution in [0.5, 0.6) is 5.75 Å². The van der Waals surface area contributed by atoms with E-state index in [1.165, 1.54) is 11.1 Å². The van der Waals surface area contributed by atoms with Crippen LogP contribution in [0.25, 0.3) is 0 Å². The van der Waals surface area contributed by atoms with Crippen molar-refractivity contribution in [3.8, 4) is 5.75 Å². The molecular formula is C15H24O. The van der Waals surface area contributed by atoms with Gasteiger partial charge in [-0.3, -0.25) is 0 Å². The summed E-state index contributed by atoms with van der Waals surface area (Å²) in [5.41, 5.74) is 3.68. The Kier molecular flexibility index (Phi) is 4.40. The standard InChI is InChI=1S/C15H24O/c1-10(2)6-13-9-14(7-11(3)4)15(16)8-12(13)5/h8-11,16H,6-7H2,1-5H3. The molecule has 0 aromatic heterocycles. The van der Waals surface area contributed by atoms with Crippen LogP contribution in [0.1, 0.15) is 44.4 Å². The van der Waals surface area contributed by atoms with Crippen molar-refractivity contribution in [3.05, 3.63) is 28.8 Å². The lowest BCUT2D eigenvalue weighted by molar-refractivity contribution is 0.461. The van der Waals surface area contributed by atoms with Gasteiger partial charge in [-0.2, -0.15) is 0 Å². The van der Waals surface area contributed by atoms with Gasteiger partial charge in [0.1, 0.15) is 5.75 Å². The zero-order valence-electron chi connectivity index (χ0n) is 11.2. The van der Waals surface area contributed by atoms with E-state index in [9.17, 15) is 5.11 Å². The van der Waals surface area contributed by atoms with E-state index in [4.69, 9.17) is 0 Å². The SMILES string of the molecule is Cc1cc(O)c(CC(C)C)cc1CC(C)C. The molecule has 0 aliphatic carbocycles. The predicted octanol–water partition coefficient (Wildman–Crippen LogP) is 4.10. The van der Waals surface area contributed by atoms with E-state index in [0.717, 1.165) is 18.4 Å². The first-order valence-electron chi connectivity index (χ1n) is 6.21. The summed E-state index contributed by atoms with van der Waals surface area (Å²) < 4.78 is 0. The topological polar surface area (TPSA) is 20.2 Å². The number of aromatic hydroxyl groups is 1. The van der Waals surface area contributed by atoms with E-state index in [0.29, 0.717) is 17.6 Å². The van der Waals surface area contributed by atoms with Crippen LogP contribution in [0.15, 0.2) is 12.1 Å². The Morgan fingerprint density at radius 2 is 1.44 bits per heavy atom. The maximum Gasteiger partial charge on any atom is 0.119 e. The molecule has 0 saturated heterocycles. The molecule has 1 N–H and O–H groups in total. The molecule has 0 heterocycles. The third kappa shape index (κ3) is 3.55. The molecule has 0 fully saturated rings. The predicted molar refractivity (Wildman–Crippen MR) is 69.9 cm³/mol. The Bertz CT molecular complexity index is 319. The molecule has 0 aliphatic heterocycles. The smallest absolute Gasteiger partial charge is 0.119 e. The molecule has 1 rings (SSSR count). The summed E-state index contributed by atoms with van der Waals surface area (Å²) in [6, 6.07) is 4.10. The molecule has 0 radical (unpaired) electrons. The third-order valence-corrected chi connectivity index (χ3v) is 2.79. The molecule has 0 saturated carbocycles. The lowest BCUT2D eigenvalue weighted by Crippen LogP contribution is -2.01. The van der Waals surface area contributed by atoms with Crippen molar-refractivity contribution >= 4 is 0 Å². The van der Waals surface area contributed by atoms with Crippen molar-refractivity contribution in [1.82, 2.24) is 0 Å². The molecule has 0 aliphatic rings. The van der Waals surface area contributed by atoms with Gasteiger partial charge in [0.05, 0.1) is 0 Å². The van der Waals surface area contributed by atoms with Crippen LogP contribution in [0.4, 0.5) is 0 Å². The van der Waals surface area contributed by atoms with Crippen molar-refractivity contribution in [2.75, 3.05) is 0 Å². The average molecular weight is 220 g/mol. The lowest BCUT2D eigenvalue weighted by Gasteiger charge is -2.14. The summed E-state index contributed by atoms with van der Waals surface area (Å²) in [7, 11) is 0.